The fourth-order valence-electron chi connectivity index (χ4n) is 2.73. The molecule has 0 unspecified atom stereocenters. The van der Waals surface area contributed by atoms with Gasteiger partial charge in [-0.1, -0.05) is 6.07 Å². The Morgan fingerprint density at radius 1 is 1.30 bits per heavy atom. The molecule has 1 heterocycles. The molecule has 0 aliphatic heterocycles. The number of hydrazine groups is 1. The zero-order chi connectivity index (χ0) is 21.7. The normalized spacial score (nSPS) is 14.8. The van der Waals surface area contributed by atoms with Gasteiger partial charge in [0.15, 0.2) is 5.84 Å². The van der Waals surface area contributed by atoms with Gasteiger partial charge in [-0.15, -0.1) is 5.10 Å². The number of aromatic nitrogens is 1. The summed E-state index contributed by atoms with van der Waals surface area (Å²) in [6.07, 6.45) is 5.16. The Hall–Kier alpha value is -3.79. The number of carbonyl (C=O) groups excluding carboxylic acids is 1. The molecule has 0 bridgehead atoms. The molecule has 156 valence electrons. The molecule has 2 aromatic rings. The second kappa shape index (κ2) is 9.14. The second-order valence-electron chi connectivity index (χ2n) is 6.77. The first-order chi connectivity index (χ1) is 14.4. The van der Waals surface area contributed by atoms with E-state index in [4.69, 9.17) is 17.3 Å². The third kappa shape index (κ3) is 4.97. The number of hydrogen-bond acceptors (Lipinski definition) is 7. The zero-order valence-electron chi connectivity index (χ0n) is 16.4. The maximum atomic E-state index is 14.6. The maximum Gasteiger partial charge on any atom is 0.259 e. The van der Waals surface area contributed by atoms with Crippen LogP contribution < -0.4 is 28.2 Å². The number of rotatable bonds is 7. The number of nitrogens with one attached hydrogen (secondary N) is 2. The number of aliphatic imine (C=N–C) groups is 1. The quantitative estimate of drug-likeness (QED) is 0.201. The topological polar surface area (TPSA) is 157 Å². The molecule has 30 heavy (non-hydrogen) atoms. The number of benzene rings is 1. The molecule has 3 rings (SSSR count). The van der Waals surface area contributed by atoms with E-state index in [1.54, 1.807) is 31.3 Å². The molecule has 1 saturated carbocycles. The Balaban J connectivity index is 1.87. The fraction of sp³-hybridized carbons (Fsp3) is 0.200. The minimum Gasteiger partial charge on any atom is -0.404 e. The average molecular weight is 410 g/mol. The minimum atomic E-state index is -0.665. The van der Waals surface area contributed by atoms with E-state index < -0.39 is 11.7 Å². The number of nitrogens with zero attached hydrogens (tertiary/aromatic N) is 3. The molecular formula is C20H23FN8O. The smallest absolute Gasteiger partial charge is 0.259 e. The molecule has 0 atom stereocenters. The predicted octanol–water partition coefficient (Wildman–Crippen LogP) is 1.40. The molecule has 0 saturated heterocycles. The summed E-state index contributed by atoms with van der Waals surface area (Å²) in [7, 11) is 0. The molecule has 1 fully saturated rings. The van der Waals surface area contributed by atoms with Crippen LogP contribution in [0.15, 0.2) is 46.6 Å². The fourth-order valence-corrected chi connectivity index (χ4v) is 2.73. The summed E-state index contributed by atoms with van der Waals surface area (Å²) in [4.78, 5) is 21.3. The van der Waals surface area contributed by atoms with Crippen molar-refractivity contribution >= 4 is 29.3 Å². The molecule has 1 aliphatic carbocycles. The first-order valence-electron chi connectivity index (χ1n) is 9.26. The van der Waals surface area contributed by atoms with Crippen molar-refractivity contribution in [1.82, 2.24) is 10.5 Å². The van der Waals surface area contributed by atoms with Crippen LogP contribution in [0.3, 0.4) is 0 Å². The molecule has 1 aromatic heterocycles. The monoisotopic (exact) mass is 410 g/mol. The predicted molar refractivity (Wildman–Crippen MR) is 115 cm³/mol. The number of amidine groups is 1. The average Bonchev–Trinajstić information content (AvgIpc) is 3.54. The number of anilines is 1. The lowest BCUT2D eigenvalue weighted by molar-refractivity contribution is 0.102. The Morgan fingerprint density at radius 2 is 2.07 bits per heavy atom. The highest BCUT2D eigenvalue weighted by Gasteiger charge is 2.20. The van der Waals surface area contributed by atoms with Crippen LogP contribution >= 0.6 is 0 Å². The maximum absolute atomic E-state index is 14.6. The van der Waals surface area contributed by atoms with E-state index in [0.717, 1.165) is 12.8 Å². The van der Waals surface area contributed by atoms with Gasteiger partial charge < -0.3 is 16.8 Å². The van der Waals surface area contributed by atoms with Gasteiger partial charge in [0, 0.05) is 18.0 Å². The van der Waals surface area contributed by atoms with Crippen molar-refractivity contribution in [2.45, 2.75) is 25.8 Å². The number of amides is 1. The van der Waals surface area contributed by atoms with E-state index in [0.29, 0.717) is 28.4 Å². The molecular weight excluding hydrogens is 387 g/mol. The van der Waals surface area contributed by atoms with Crippen molar-refractivity contribution in [3.05, 3.63) is 64.7 Å². The number of pyridine rings is 1. The van der Waals surface area contributed by atoms with Gasteiger partial charge in [0.2, 0.25) is 0 Å². The Kier molecular flexibility index (Phi) is 6.38. The molecule has 10 heteroatoms. The Bertz CT molecular complexity index is 1040. The lowest BCUT2D eigenvalue weighted by Crippen LogP contribution is -2.24. The van der Waals surface area contributed by atoms with Crippen LogP contribution in [-0.2, 0) is 0 Å². The van der Waals surface area contributed by atoms with Crippen LogP contribution in [0.1, 0.15) is 40.0 Å². The van der Waals surface area contributed by atoms with Crippen LogP contribution in [-0.4, -0.2) is 29.0 Å². The first kappa shape index (κ1) is 20.9. The van der Waals surface area contributed by atoms with Crippen molar-refractivity contribution in [1.29, 1.82) is 0 Å². The summed E-state index contributed by atoms with van der Waals surface area (Å²) in [6, 6.07) is 7.82. The van der Waals surface area contributed by atoms with E-state index in [9.17, 15) is 9.18 Å². The highest BCUT2D eigenvalue weighted by molar-refractivity contribution is 6.12. The van der Waals surface area contributed by atoms with Crippen molar-refractivity contribution in [3.8, 4) is 0 Å². The van der Waals surface area contributed by atoms with Crippen LogP contribution in [0.4, 0.5) is 10.2 Å². The van der Waals surface area contributed by atoms with Crippen molar-refractivity contribution in [2.24, 2.45) is 27.4 Å². The molecule has 1 aliphatic rings. The number of allylic oxidation sites excluding steroid dienone is 1. The Morgan fingerprint density at radius 3 is 2.73 bits per heavy atom. The number of halogens is 1. The van der Waals surface area contributed by atoms with Gasteiger partial charge in [-0.3, -0.25) is 9.79 Å². The summed E-state index contributed by atoms with van der Waals surface area (Å²) in [6.45, 7) is 1.74. The van der Waals surface area contributed by atoms with Gasteiger partial charge in [-0.2, -0.15) is 0 Å². The van der Waals surface area contributed by atoms with Crippen molar-refractivity contribution in [3.63, 3.8) is 0 Å². The molecule has 0 spiro atoms. The standard InChI is InChI=1S/C20H23FN8O/c1-11-7-16(21)15(8-14(11)12(9-22)10-25-13-5-6-13)20(30)27-18-4-2-3-17(26-18)19(23)28-29-24/h2-4,7-10,13,29H,5-6,22,24H2,1H3,(H2,23,28)(H,26,27,30). The largest absolute Gasteiger partial charge is 0.404 e. The summed E-state index contributed by atoms with van der Waals surface area (Å²) in [5, 5.41) is 6.19. The van der Waals surface area contributed by atoms with Crippen molar-refractivity contribution in [2.75, 3.05) is 5.32 Å². The van der Waals surface area contributed by atoms with Gasteiger partial charge in [-0.25, -0.2) is 20.8 Å². The third-order valence-electron chi connectivity index (χ3n) is 4.46. The SMILES string of the molecule is Cc1cc(F)c(C(=O)Nc2cccc(C(N)=NNN)n2)cc1C(C=NC1CC1)=CN. The van der Waals surface area contributed by atoms with Crippen LogP contribution in [0, 0.1) is 12.7 Å². The van der Waals surface area contributed by atoms with Crippen LogP contribution in [0.5, 0.6) is 0 Å². The molecule has 1 amide bonds. The highest BCUT2D eigenvalue weighted by atomic mass is 19.1. The summed E-state index contributed by atoms with van der Waals surface area (Å²) >= 11 is 0. The summed E-state index contributed by atoms with van der Waals surface area (Å²) in [5.41, 5.74) is 15.6. The summed E-state index contributed by atoms with van der Waals surface area (Å²) in [5.74, 6) is 3.99. The summed E-state index contributed by atoms with van der Waals surface area (Å²) < 4.78 is 14.6. The lowest BCUT2D eigenvalue weighted by atomic mass is 9.98. The Labute approximate surface area is 172 Å². The van der Waals surface area contributed by atoms with Crippen molar-refractivity contribution < 1.29 is 9.18 Å². The van der Waals surface area contributed by atoms with Crippen LogP contribution in [0.2, 0.25) is 0 Å². The second-order valence-corrected chi connectivity index (χ2v) is 6.77. The van der Waals surface area contributed by atoms with Gasteiger partial charge in [-0.05, 0) is 55.2 Å². The van der Waals surface area contributed by atoms with Gasteiger partial charge in [0.05, 0.1) is 11.6 Å². The van der Waals surface area contributed by atoms with Crippen LogP contribution in [0.25, 0.3) is 5.57 Å². The van der Waals surface area contributed by atoms with E-state index in [1.165, 1.54) is 18.3 Å². The third-order valence-corrected chi connectivity index (χ3v) is 4.46. The number of aryl methyl sites for hydroxylation is 1. The number of carbonyl (C=O) groups is 1. The van der Waals surface area contributed by atoms with E-state index >= 15 is 0 Å². The number of hydrazone groups is 1. The molecule has 8 N–H and O–H groups in total. The zero-order valence-corrected chi connectivity index (χ0v) is 16.4. The molecule has 1 aromatic carbocycles. The van der Waals surface area contributed by atoms with Gasteiger partial charge >= 0.3 is 0 Å². The number of hydrogen-bond donors (Lipinski definition) is 5. The lowest BCUT2D eigenvalue weighted by Gasteiger charge is -2.12. The van der Waals surface area contributed by atoms with E-state index in [2.05, 4.69) is 25.9 Å². The minimum absolute atomic E-state index is 0.0325. The van der Waals surface area contributed by atoms with Gasteiger partial charge in [0.25, 0.3) is 5.91 Å². The molecule has 9 nitrogen and oxygen atoms in total. The van der Waals surface area contributed by atoms with E-state index in [1.807, 2.05) is 0 Å². The highest BCUT2D eigenvalue weighted by Crippen LogP contribution is 2.26. The number of nitrogens with two attached hydrogens (primary N) is 3. The van der Waals surface area contributed by atoms with Gasteiger partial charge in [0.1, 0.15) is 17.3 Å². The molecule has 0 radical (unpaired) electrons. The first-order valence-corrected chi connectivity index (χ1v) is 9.26. The van der Waals surface area contributed by atoms with E-state index in [-0.39, 0.29) is 17.2 Å².